The summed E-state index contributed by atoms with van der Waals surface area (Å²) in [5.74, 6) is -0.224. The zero-order valence-electron chi connectivity index (χ0n) is 11.1. The molecule has 0 spiro atoms. The number of hydrogen-bond acceptors (Lipinski definition) is 5. The fraction of sp³-hybridized carbons (Fsp3) is 0.385. The normalized spacial score (nSPS) is 10.5. The van der Waals surface area contributed by atoms with Crippen LogP contribution < -0.4 is 10.2 Å². The van der Waals surface area contributed by atoms with Gasteiger partial charge in [-0.15, -0.1) is 5.10 Å². The van der Waals surface area contributed by atoms with E-state index in [0.717, 1.165) is 29.3 Å². The molecule has 102 valence electrons. The maximum Gasteiger partial charge on any atom is 0.135 e. The van der Waals surface area contributed by atoms with Gasteiger partial charge in [-0.25, -0.2) is 4.39 Å². The van der Waals surface area contributed by atoms with Gasteiger partial charge in [-0.1, -0.05) is 11.4 Å². The Bertz CT molecular complexity index is 512. The lowest BCUT2D eigenvalue weighted by molar-refractivity contribution is 0.627. The number of anilines is 2. The number of hydrogen-bond donors (Lipinski definition) is 1. The van der Waals surface area contributed by atoms with Gasteiger partial charge in [0.15, 0.2) is 0 Å². The smallest absolute Gasteiger partial charge is 0.135 e. The summed E-state index contributed by atoms with van der Waals surface area (Å²) >= 11 is 1.37. The summed E-state index contributed by atoms with van der Waals surface area (Å²) in [6, 6.07) is 6.44. The van der Waals surface area contributed by atoms with Crippen LogP contribution in [0.3, 0.4) is 0 Å². The van der Waals surface area contributed by atoms with E-state index in [0.29, 0.717) is 6.54 Å². The van der Waals surface area contributed by atoms with Gasteiger partial charge in [0.05, 0.1) is 6.54 Å². The van der Waals surface area contributed by atoms with E-state index in [-0.39, 0.29) is 5.82 Å². The lowest BCUT2D eigenvalue weighted by Gasteiger charge is -2.18. The Labute approximate surface area is 116 Å². The highest BCUT2D eigenvalue weighted by Gasteiger charge is 2.10. The van der Waals surface area contributed by atoms with E-state index in [1.165, 1.54) is 23.7 Å². The molecule has 1 N–H and O–H groups in total. The minimum absolute atomic E-state index is 0.224. The predicted molar refractivity (Wildman–Crippen MR) is 77.2 cm³/mol. The van der Waals surface area contributed by atoms with Gasteiger partial charge in [0.2, 0.25) is 0 Å². The van der Waals surface area contributed by atoms with Gasteiger partial charge in [-0.3, -0.25) is 0 Å². The van der Waals surface area contributed by atoms with Gasteiger partial charge < -0.3 is 10.2 Å². The molecule has 1 aromatic heterocycles. The van der Waals surface area contributed by atoms with Gasteiger partial charge >= 0.3 is 0 Å². The maximum atomic E-state index is 12.9. The second-order valence-electron chi connectivity index (χ2n) is 4.31. The van der Waals surface area contributed by atoms with Crippen LogP contribution in [-0.4, -0.2) is 23.2 Å². The molecule has 2 rings (SSSR count). The zero-order chi connectivity index (χ0) is 13.7. The highest BCUT2D eigenvalue weighted by Crippen LogP contribution is 2.22. The zero-order valence-corrected chi connectivity index (χ0v) is 11.9. The van der Waals surface area contributed by atoms with E-state index in [4.69, 9.17) is 0 Å². The third kappa shape index (κ3) is 3.64. The second-order valence-corrected chi connectivity index (χ2v) is 5.06. The molecule has 1 heterocycles. The Balaban J connectivity index is 2.04. The van der Waals surface area contributed by atoms with Crippen molar-refractivity contribution >= 4 is 22.2 Å². The van der Waals surface area contributed by atoms with Gasteiger partial charge in [-0.05, 0) is 30.7 Å². The van der Waals surface area contributed by atoms with Crippen molar-refractivity contribution in [3.8, 4) is 0 Å². The molecule has 0 fully saturated rings. The largest absolute Gasteiger partial charge is 0.374 e. The minimum Gasteiger partial charge on any atom is -0.374 e. The van der Waals surface area contributed by atoms with Crippen LogP contribution in [0, 0.1) is 5.82 Å². The number of aromatic nitrogens is 2. The van der Waals surface area contributed by atoms with Crippen LogP contribution in [0.4, 0.5) is 15.1 Å². The fourth-order valence-corrected chi connectivity index (χ4v) is 2.29. The van der Waals surface area contributed by atoms with E-state index < -0.39 is 0 Å². The number of nitrogens with one attached hydrogen (secondary N) is 1. The van der Waals surface area contributed by atoms with Gasteiger partial charge in [0, 0.05) is 30.8 Å². The molecular weight excluding hydrogens is 263 g/mol. The Kier molecular flexibility index (Phi) is 4.68. The Morgan fingerprint density at radius 3 is 2.74 bits per heavy atom. The molecule has 0 aliphatic carbocycles. The molecule has 0 saturated carbocycles. The van der Waals surface area contributed by atoms with Crippen molar-refractivity contribution < 1.29 is 4.39 Å². The van der Waals surface area contributed by atoms with Crippen LogP contribution in [0.25, 0.3) is 0 Å². The first-order valence-electron chi connectivity index (χ1n) is 6.22. The van der Waals surface area contributed by atoms with E-state index in [1.807, 2.05) is 11.9 Å². The van der Waals surface area contributed by atoms with Crippen molar-refractivity contribution in [2.24, 2.45) is 0 Å². The molecule has 0 atom stereocenters. The molecule has 1 aromatic carbocycles. The Morgan fingerprint density at radius 2 is 2.05 bits per heavy atom. The first-order valence-corrected chi connectivity index (χ1v) is 7.00. The van der Waals surface area contributed by atoms with Crippen molar-refractivity contribution in [3.63, 3.8) is 0 Å². The highest BCUT2D eigenvalue weighted by molar-refractivity contribution is 7.10. The van der Waals surface area contributed by atoms with Crippen LogP contribution in [0.15, 0.2) is 24.3 Å². The lowest BCUT2D eigenvalue weighted by Crippen LogP contribution is -2.17. The molecule has 6 heteroatoms. The summed E-state index contributed by atoms with van der Waals surface area (Å²) in [6.07, 6.45) is 1.06. The Morgan fingerprint density at radius 1 is 1.32 bits per heavy atom. The molecule has 0 unspecified atom stereocenters. The third-order valence-electron chi connectivity index (χ3n) is 2.75. The summed E-state index contributed by atoms with van der Waals surface area (Å²) in [7, 11) is 1.95. The summed E-state index contributed by atoms with van der Waals surface area (Å²) in [4.78, 5) is 2.02. The molecule has 4 nitrogen and oxygen atoms in total. The van der Waals surface area contributed by atoms with Crippen molar-refractivity contribution in [3.05, 3.63) is 35.8 Å². The number of halogens is 1. The second kappa shape index (κ2) is 6.47. The van der Waals surface area contributed by atoms with E-state index in [1.54, 1.807) is 12.1 Å². The summed E-state index contributed by atoms with van der Waals surface area (Å²) in [5, 5.41) is 8.47. The SMILES string of the molecule is CCCNc1snnc1CN(C)c1ccc(F)cc1. The van der Waals surface area contributed by atoms with Gasteiger partial charge in [-0.2, -0.15) is 0 Å². The highest BCUT2D eigenvalue weighted by atomic mass is 32.1. The van der Waals surface area contributed by atoms with Crippen molar-refractivity contribution in [2.45, 2.75) is 19.9 Å². The molecule has 0 saturated heterocycles. The average molecular weight is 280 g/mol. The number of rotatable bonds is 6. The first-order chi connectivity index (χ1) is 9.20. The van der Waals surface area contributed by atoms with E-state index in [2.05, 4.69) is 21.8 Å². The van der Waals surface area contributed by atoms with Crippen molar-refractivity contribution in [2.75, 3.05) is 23.8 Å². The number of nitrogens with zero attached hydrogens (tertiary/aromatic N) is 3. The van der Waals surface area contributed by atoms with Crippen LogP contribution in [0.5, 0.6) is 0 Å². The van der Waals surface area contributed by atoms with E-state index >= 15 is 0 Å². The monoisotopic (exact) mass is 280 g/mol. The molecular formula is C13H17FN4S. The van der Waals surface area contributed by atoms with Crippen LogP contribution in [-0.2, 0) is 6.54 Å². The van der Waals surface area contributed by atoms with E-state index in [9.17, 15) is 4.39 Å². The number of benzene rings is 1. The first kappa shape index (κ1) is 13.7. The lowest BCUT2D eigenvalue weighted by atomic mass is 10.3. The molecule has 0 bridgehead atoms. The Hall–Kier alpha value is -1.69. The average Bonchev–Trinajstić information content (AvgIpc) is 2.84. The summed E-state index contributed by atoms with van der Waals surface area (Å²) < 4.78 is 16.9. The van der Waals surface area contributed by atoms with Crippen LogP contribution in [0.1, 0.15) is 19.0 Å². The molecule has 0 aliphatic rings. The summed E-state index contributed by atoms with van der Waals surface area (Å²) in [6.45, 7) is 3.68. The molecule has 0 radical (unpaired) electrons. The molecule has 2 aromatic rings. The summed E-state index contributed by atoms with van der Waals surface area (Å²) in [5.41, 5.74) is 1.88. The van der Waals surface area contributed by atoms with Crippen molar-refractivity contribution in [1.82, 2.24) is 9.59 Å². The molecule has 19 heavy (non-hydrogen) atoms. The van der Waals surface area contributed by atoms with Crippen LogP contribution in [0.2, 0.25) is 0 Å². The van der Waals surface area contributed by atoms with Gasteiger partial charge in [0.1, 0.15) is 16.5 Å². The van der Waals surface area contributed by atoms with Crippen LogP contribution >= 0.6 is 11.5 Å². The topological polar surface area (TPSA) is 41.1 Å². The predicted octanol–water partition coefficient (Wildman–Crippen LogP) is 3.14. The fourth-order valence-electron chi connectivity index (χ4n) is 1.70. The van der Waals surface area contributed by atoms with Gasteiger partial charge in [0.25, 0.3) is 0 Å². The maximum absolute atomic E-state index is 12.9. The quantitative estimate of drug-likeness (QED) is 0.882. The van der Waals surface area contributed by atoms with Crippen molar-refractivity contribution in [1.29, 1.82) is 0 Å². The third-order valence-corrected chi connectivity index (χ3v) is 3.47. The molecule has 0 amide bonds. The minimum atomic E-state index is -0.224. The standard InChI is InChI=1S/C13H17FN4S/c1-3-8-15-13-12(16-17-19-13)9-18(2)11-6-4-10(14)5-7-11/h4-7,15H,3,8-9H2,1-2H3. The molecule has 0 aliphatic heterocycles.